The van der Waals surface area contributed by atoms with Crippen LogP contribution in [0.3, 0.4) is 0 Å². The van der Waals surface area contributed by atoms with Crippen molar-refractivity contribution >= 4 is 21.8 Å². The highest BCUT2D eigenvalue weighted by molar-refractivity contribution is 5.93. The number of aryl methyl sites for hydroxylation is 4. The maximum absolute atomic E-state index is 10.2. The van der Waals surface area contributed by atoms with Crippen molar-refractivity contribution in [2.75, 3.05) is 0 Å². The number of aromatic hydroxyl groups is 4. The maximum atomic E-state index is 10.2. The highest BCUT2D eigenvalue weighted by atomic mass is 16.3. The molecule has 0 fully saturated rings. The van der Waals surface area contributed by atoms with E-state index in [2.05, 4.69) is 23.0 Å². The number of phenolic OH excluding ortho intramolecular Hbond substituents is 4. The molecule has 0 saturated heterocycles. The van der Waals surface area contributed by atoms with Crippen LogP contribution in [0.15, 0.2) is 84.9 Å². The molecule has 0 aliphatic heterocycles. The van der Waals surface area contributed by atoms with Crippen LogP contribution in [0.5, 0.6) is 23.0 Å². The van der Waals surface area contributed by atoms with Crippen LogP contribution < -0.4 is 0 Å². The number of benzene rings is 4. The first-order valence-electron chi connectivity index (χ1n) is 13.5. The van der Waals surface area contributed by atoms with E-state index in [1.54, 1.807) is 36.4 Å². The zero-order chi connectivity index (χ0) is 28.0. The standard InChI is InChI=1S/C34H32N2O4/c1-21-29-19-27(39)13-15-31(29)35(33(21)23-5-9-25(37)10-6-23)17-3-4-18-36-32-16-14-28(40)20-30(32)22(2)34(36)24-7-11-26(38)12-8-24/h5-16,19-20,37-40H,3-4,17-18H2,1-2H3. The summed E-state index contributed by atoms with van der Waals surface area (Å²) in [6.45, 7) is 5.74. The second-order valence-corrected chi connectivity index (χ2v) is 10.5. The first kappa shape index (κ1) is 25.4. The third kappa shape index (κ3) is 4.41. The Kier molecular flexibility index (Phi) is 6.39. The fourth-order valence-electron chi connectivity index (χ4n) is 6.01. The van der Waals surface area contributed by atoms with E-state index < -0.39 is 0 Å². The largest absolute Gasteiger partial charge is 0.508 e. The van der Waals surface area contributed by atoms with Crippen LogP contribution in [0.2, 0.25) is 0 Å². The molecule has 6 heteroatoms. The highest BCUT2D eigenvalue weighted by Crippen LogP contribution is 2.38. The second kappa shape index (κ2) is 10.0. The molecule has 0 amide bonds. The number of nitrogens with zero attached hydrogens (tertiary/aromatic N) is 2. The highest BCUT2D eigenvalue weighted by Gasteiger charge is 2.18. The van der Waals surface area contributed by atoms with Crippen molar-refractivity contribution in [3.05, 3.63) is 96.1 Å². The Bertz CT molecular complexity index is 1710. The van der Waals surface area contributed by atoms with Gasteiger partial charge in [0.1, 0.15) is 23.0 Å². The Morgan fingerprint density at radius 3 is 1.20 bits per heavy atom. The van der Waals surface area contributed by atoms with Crippen LogP contribution in [0, 0.1) is 13.8 Å². The molecule has 2 heterocycles. The lowest BCUT2D eigenvalue weighted by atomic mass is 10.1. The Hall–Kier alpha value is -4.84. The average Bonchev–Trinajstić information content (AvgIpc) is 3.37. The minimum Gasteiger partial charge on any atom is -0.508 e. The van der Waals surface area contributed by atoms with Gasteiger partial charge in [-0.1, -0.05) is 0 Å². The summed E-state index contributed by atoms with van der Waals surface area (Å²) in [5.41, 5.74) is 8.55. The summed E-state index contributed by atoms with van der Waals surface area (Å²) in [5.74, 6) is 0.947. The Morgan fingerprint density at radius 2 is 0.825 bits per heavy atom. The van der Waals surface area contributed by atoms with E-state index in [0.717, 1.165) is 81.4 Å². The normalized spacial score (nSPS) is 11.6. The van der Waals surface area contributed by atoms with E-state index in [0.29, 0.717) is 0 Å². The molecule has 0 aliphatic rings. The number of phenols is 4. The van der Waals surface area contributed by atoms with Gasteiger partial charge in [0, 0.05) is 34.9 Å². The number of fused-ring (bicyclic) bond motifs is 2. The second-order valence-electron chi connectivity index (χ2n) is 10.5. The van der Waals surface area contributed by atoms with Gasteiger partial charge < -0.3 is 29.6 Å². The van der Waals surface area contributed by atoms with E-state index in [9.17, 15) is 20.4 Å². The van der Waals surface area contributed by atoms with Gasteiger partial charge in [-0.15, -0.1) is 0 Å². The summed E-state index contributed by atoms with van der Waals surface area (Å²) < 4.78 is 4.63. The van der Waals surface area contributed by atoms with E-state index in [1.165, 1.54) is 0 Å². The summed E-state index contributed by atoms with van der Waals surface area (Å²) in [4.78, 5) is 0. The van der Waals surface area contributed by atoms with Gasteiger partial charge in [-0.3, -0.25) is 0 Å². The van der Waals surface area contributed by atoms with Gasteiger partial charge >= 0.3 is 0 Å². The lowest BCUT2D eigenvalue weighted by Crippen LogP contribution is -2.05. The van der Waals surface area contributed by atoms with Crippen LogP contribution in [0.25, 0.3) is 44.3 Å². The third-order valence-electron chi connectivity index (χ3n) is 7.90. The molecule has 0 saturated carbocycles. The molecule has 40 heavy (non-hydrogen) atoms. The molecule has 0 spiro atoms. The molecular formula is C34H32N2O4. The zero-order valence-corrected chi connectivity index (χ0v) is 22.6. The van der Waals surface area contributed by atoms with Gasteiger partial charge in [-0.25, -0.2) is 0 Å². The SMILES string of the molecule is Cc1c(-c2ccc(O)cc2)n(CCCCn2c(-c3ccc(O)cc3)c(C)c3cc(O)ccc32)c2ccc(O)cc12. The Morgan fingerprint density at radius 1 is 0.475 bits per heavy atom. The van der Waals surface area contributed by atoms with Crippen molar-refractivity contribution in [1.29, 1.82) is 0 Å². The number of hydrogen-bond donors (Lipinski definition) is 4. The minimum atomic E-state index is 0.230. The molecule has 6 rings (SSSR count). The van der Waals surface area contributed by atoms with Gasteiger partial charge in [-0.2, -0.15) is 0 Å². The average molecular weight is 533 g/mol. The first-order chi connectivity index (χ1) is 19.3. The van der Waals surface area contributed by atoms with Crippen molar-refractivity contribution in [2.24, 2.45) is 0 Å². The molecule has 0 bridgehead atoms. The summed E-state index contributed by atoms with van der Waals surface area (Å²) in [5, 5.41) is 42.1. The molecule has 2 aromatic heterocycles. The van der Waals surface area contributed by atoms with Gasteiger partial charge in [0.15, 0.2) is 0 Å². The zero-order valence-electron chi connectivity index (χ0n) is 22.6. The summed E-state index contributed by atoms with van der Waals surface area (Å²) in [6, 6.07) is 25.6. The van der Waals surface area contributed by atoms with Crippen LogP contribution in [0.4, 0.5) is 0 Å². The predicted octanol–water partition coefficient (Wildman–Crippen LogP) is 7.85. The monoisotopic (exact) mass is 532 g/mol. The Balaban J connectivity index is 1.33. The summed E-state index contributed by atoms with van der Waals surface area (Å²) in [6.07, 6.45) is 1.84. The lowest BCUT2D eigenvalue weighted by molar-refractivity contribution is 0.475. The number of rotatable bonds is 7. The fourth-order valence-corrected chi connectivity index (χ4v) is 6.01. The molecule has 202 valence electrons. The molecule has 0 aliphatic carbocycles. The molecule has 6 nitrogen and oxygen atoms in total. The topological polar surface area (TPSA) is 90.8 Å². The molecule has 0 atom stereocenters. The fraction of sp³-hybridized carbons (Fsp3) is 0.176. The quantitative estimate of drug-likeness (QED) is 0.158. The smallest absolute Gasteiger partial charge is 0.116 e. The first-order valence-corrected chi connectivity index (χ1v) is 13.5. The summed E-state index contributed by atoms with van der Waals surface area (Å²) in [7, 11) is 0. The predicted molar refractivity (Wildman–Crippen MR) is 160 cm³/mol. The Labute approximate surface area is 232 Å². The third-order valence-corrected chi connectivity index (χ3v) is 7.90. The van der Waals surface area contributed by atoms with Crippen LogP contribution in [-0.2, 0) is 13.1 Å². The van der Waals surface area contributed by atoms with Crippen LogP contribution in [-0.4, -0.2) is 29.6 Å². The van der Waals surface area contributed by atoms with Crippen molar-refractivity contribution in [2.45, 2.75) is 39.8 Å². The van der Waals surface area contributed by atoms with E-state index in [-0.39, 0.29) is 23.0 Å². The van der Waals surface area contributed by atoms with Gasteiger partial charge in [-0.05, 0) is 134 Å². The summed E-state index contributed by atoms with van der Waals surface area (Å²) >= 11 is 0. The molecule has 0 radical (unpaired) electrons. The van der Waals surface area contributed by atoms with Crippen molar-refractivity contribution in [3.8, 4) is 45.5 Å². The van der Waals surface area contributed by atoms with Crippen molar-refractivity contribution < 1.29 is 20.4 Å². The lowest BCUT2D eigenvalue weighted by Gasteiger charge is -2.15. The molecular weight excluding hydrogens is 500 g/mol. The maximum Gasteiger partial charge on any atom is 0.116 e. The van der Waals surface area contributed by atoms with Crippen molar-refractivity contribution in [1.82, 2.24) is 9.13 Å². The van der Waals surface area contributed by atoms with Crippen LogP contribution in [0.1, 0.15) is 24.0 Å². The molecule has 4 aromatic carbocycles. The van der Waals surface area contributed by atoms with Gasteiger partial charge in [0.2, 0.25) is 0 Å². The van der Waals surface area contributed by atoms with E-state index in [1.807, 2.05) is 48.5 Å². The molecule has 4 N–H and O–H groups in total. The minimum absolute atomic E-state index is 0.230. The van der Waals surface area contributed by atoms with Crippen molar-refractivity contribution in [3.63, 3.8) is 0 Å². The van der Waals surface area contributed by atoms with E-state index >= 15 is 0 Å². The number of aromatic nitrogens is 2. The van der Waals surface area contributed by atoms with E-state index in [4.69, 9.17) is 0 Å². The number of unbranched alkanes of at least 4 members (excludes halogenated alkanes) is 1. The van der Waals surface area contributed by atoms with Crippen LogP contribution >= 0.6 is 0 Å². The molecule has 6 aromatic rings. The molecule has 0 unspecified atom stereocenters. The van der Waals surface area contributed by atoms with Gasteiger partial charge in [0.05, 0.1) is 11.4 Å². The van der Waals surface area contributed by atoms with Gasteiger partial charge in [0.25, 0.3) is 0 Å². The number of hydrogen-bond acceptors (Lipinski definition) is 4.